The maximum Gasteiger partial charge on any atom is 0.120 e. The van der Waals surface area contributed by atoms with Crippen LogP contribution in [0.15, 0.2) is 12.1 Å². The Morgan fingerprint density at radius 1 is 1.50 bits per heavy atom. The molecule has 0 amide bonds. The van der Waals surface area contributed by atoms with Gasteiger partial charge in [-0.15, -0.1) is 0 Å². The molecule has 0 aromatic heterocycles. The number of rotatable bonds is 0. The second kappa shape index (κ2) is 3.32. The molecule has 0 aliphatic heterocycles. The number of hydrogen-bond donors (Lipinski definition) is 2. The molecule has 0 bridgehead atoms. The van der Waals surface area contributed by atoms with Crippen LogP contribution in [0.2, 0.25) is 0 Å². The van der Waals surface area contributed by atoms with Gasteiger partial charge < -0.3 is 10.8 Å². The molecule has 1 aliphatic carbocycles. The van der Waals surface area contributed by atoms with E-state index in [0.717, 1.165) is 30.4 Å². The number of fused-ring (bicyclic) bond motifs is 1. The second-order valence-corrected chi connectivity index (χ2v) is 3.67. The Bertz CT molecular complexity index is 406. The molecule has 1 aliphatic rings. The van der Waals surface area contributed by atoms with Crippen LogP contribution in [0.5, 0.6) is 5.75 Å². The first-order chi connectivity index (χ1) is 6.72. The van der Waals surface area contributed by atoms with E-state index in [-0.39, 0.29) is 11.8 Å². The largest absolute Gasteiger partial charge is 0.508 e. The highest BCUT2D eigenvalue weighted by Crippen LogP contribution is 2.34. The minimum absolute atomic E-state index is 0.0297. The molecule has 2 rings (SSSR count). The van der Waals surface area contributed by atoms with Crippen molar-refractivity contribution in [1.29, 1.82) is 5.26 Å². The van der Waals surface area contributed by atoms with E-state index in [1.807, 2.05) is 6.07 Å². The fourth-order valence-corrected chi connectivity index (χ4v) is 2.00. The Morgan fingerprint density at radius 3 is 3.00 bits per heavy atom. The average molecular weight is 188 g/mol. The number of nitriles is 1. The number of nitrogens with zero attached hydrogens (tertiary/aromatic N) is 1. The van der Waals surface area contributed by atoms with Crippen LogP contribution in [-0.2, 0) is 6.42 Å². The second-order valence-electron chi connectivity index (χ2n) is 3.67. The lowest BCUT2D eigenvalue weighted by atomic mass is 9.86. The summed E-state index contributed by atoms with van der Waals surface area (Å²) in [6.07, 6.45) is 2.80. The number of phenolic OH excluding ortho intramolecular Hbond substituents is 1. The van der Waals surface area contributed by atoms with Crippen LogP contribution < -0.4 is 5.73 Å². The van der Waals surface area contributed by atoms with Crippen LogP contribution in [0.4, 0.5) is 0 Å². The van der Waals surface area contributed by atoms with E-state index in [2.05, 4.69) is 0 Å². The molecule has 0 spiro atoms. The number of aromatic hydroxyl groups is 1. The van der Waals surface area contributed by atoms with Crippen LogP contribution in [0.3, 0.4) is 0 Å². The third kappa shape index (κ3) is 1.34. The molecule has 72 valence electrons. The topological polar surface area (TPSA) is 70.0 Å². The van der Waals surface area contributed by atoms with E-state index in [9.17, 15) is 5.11 Å². The van der Waals surface area contributed by atoms with Crippen molar-refractivity contribution in [2.24, 2.45) is 5.73 Å². The highest BCUT2D eigenvalue weighted by molar-refractivity contribution is 5.49. The summed E-state index contributed by atoms with van der Waals surface area (Å²) in [5.41, 5.74) is 8.26. The Balaban J connectivity index is 2.58. The van der Waals surface area contributed by atoms with Gasteiger partial charge in [-0.1, -0.05) is 0 Å². The number of nitrogens with two attached hydrogens (primary N) is 1. The SMILES string of the molecule is N#Cc1cc(O)c2c(c1)[C@H](N)CCC2. The minimum atomic E-state index is -0.0297. The molecule has 0 saturated heterocycles. The van der Waals surface area contributed by atoms with Crippen LogP contribution in [-0.4, -0.2) is 5.11 Å². The van der Waals surface area contributed by atoms with Crippen molar-refractivity contribution < 1.29 is 5.11 Å². The molecular weight excluding hydrogens is 176 g/mol. The summed E-state index contributed by atoms with van der Waals surface area (Å²) < 4.78 is 0. The zero-order valence-electron chi connectivity index (χ0n) is 7.83. The van der Waals surface area contributed by atoms with Crippen LogP contribution in [0.25, 0.3) is 0 Å². The first-order valence-corrected chi connectivity index (χ1v) is 4.74. The smallest absolute Gasteiger partial charge is 0.120 e. The molecule has 1 aromatic carbocycles. The zero-order valence-corrected chi connectivity index (χ0v) is 7.83. The number of benzene rings is 1. The van der Waals surface area contributed by atoms with Gasteiger partial charge in [0.15, 0.2) is 0 Å². The molecule has 1 aromatic rings. The molecule has 14 heavy (non-hydrogen) atoms. The van der Waals surface area contributed by atoms with Gasteiger partial charge in [0.05, 0.1) is 11.6 Å². The van der Waals surface area contributed by atoms with Gasteiger partial charge in [-0.05, 0) is 42.5 Å². The summed E-state index contributed by atoms with van der Waals surface area (Å²) in [4.78, 5) is 0. The van der Waals surface area contributed by atoms with Crippen molar-refractivity contribution >= 4 is 0 Å². The predicted molar refractivity (Wildman–Crippen MR) is 52.7 cm³/mol. The Kier molecular flexibility index (Phi) is 2.14. The number of phenols is 1. The molecule has 0 unspecified atom stereocenters. The molecule has 0 fully saturated rings. The van der Waals surface area contributed by atoms with Gasteiger partial charge in [-0.25, -0.2) is 0 Å². The van der Waals surface area contributed by atoms with Gasteiger partial charge in [-0.3, -0.25) is 0 Å². The van der Waals surface area contributed by atoms with Crippen molar-refractivity contribution in [2.75, 3.05) is 0 Å². The highest BCUT2D eigenvalue weighted by atomic mass is 16.3. The average Bonchev–Trinajstić information content (AvgIpc) is 2.19. The van der Waals surface area contributed by atoms with E-state index in [4.69, 9.17) is 11.0 Å². The first kappa shape index (κ1) is 9.04. The first-order valence-electron chi connectivity index (χ1n) is 4.74. The number of hydrogen-bond acceptors (Lipinski definition) is 3. The zero-order chi connectivity index (χ0) is 10.1. The lowest BCUT2D eigenvalue weighted by molar-refractivity contribution is 0.455. The lowest BCUT2D eigenvalue weighted by Gasteiger charge is -2.23. The molecule has 3 N–H and O–H groups in total. The van der Waals surface area contributed by atoms with Gasteiger partial charge in [0.25, 0.3) is 0 Å². The van der Waals surface area contributed by atoms with E-state index >= 15 is 0 Å². The lowest BCUT2D eigenvalue weighted by Crippen LogP contribution is -2.17. The van der Waals surface area contributed by atoms with Crippen LogP contribution in [0.1, 0.15) is 35.6 Å². The summed E-state index contributed by atoms with van der Waals surface area (Å²) >= 11 is 0. The van der Waals surface area contributed by atoms with Gasteiger partial charge in [0.1, 0.15) is 5.75 Å². The van der Waals surface area contributed by atoms with Crippen LogP contribution in [0, 0.1) is 11.3 Å². The summed E-state index contributed by atoms with van der Waals surface area (Å²) in [5.74, 6) is 0.217. The molecule has 1 atom stereocenters. The highest BCUT2D eigenvalue weighted by Gasteiger charge is 2.20. The fraction of sp³-hybridized carbons (Fsp3) is 0.364. The molecular formula is C11H12N2O. The summed E-state index contributed by atoms with van der Waals surface area (Å²) in [5, 5.41) is 18.4. The van der Waals surface area contributed by atoms with E-state index in [1.54, 1.807) is 6.07 Å². The third-order valence-electron chi connectivity index (χ3n) is 2.73. The molecule has 3 nitrogen and oxygen atoms in total. The van der Waals surface area contributed by atoms with E-state index in [1.165, 1.54) is 6.07 Å². The molecule has 0 radical (unpaired) electrons. The van der Waals surface area contributed by atoms with Crippen molar-refractivity contribution in [1.82, 2.24) is 0 Å². The van der Waals surface area contributed by atoms with Crippen LogP contribution >= 0.6 is 0 Å². The summed E-state index contributed by atoms with van der Waals surface area (Å²) in [6.45, 7) is 0. The van der Waals surface area contributed by atoms with E-state index in [0.29, 0.717) is 5.56 Å². The van der Waals surface area contributed by atoms with Crippen molar-refractivity contribution in [3.63, 3.8) is 0 Å². The van der Waals surface area contributed by atoms with Gasteiger partial charge in [0.2, 0.25) is 0 Å². The predicted octanol–water partition coefficient (Wildman–Crippen LogP) is 1.60. The molecule has 0 saturated carbocycles. The van der Waals surface area contributed by atoms with Gasteiger partial charge in [-0.2, -0.15) is 5.26 Å². The quantitative estimate of drug-likeness (QED) is 0.649. The van der Waals surface area contributed by atoms with Crippen molar-refractivity contribution in [2.45, 2.75) is 25.3 Å². The Morgan fingerprint density at radius 2 is 2.29 bits per heavy atom. The minimum Gasteiger partial charge on any atom is -0.508 e. The van der Waals surface area contributed by atoms with Gasteiger partial charge >= 0.3 is 0 Å². The Labute approximate surface area is 82.8 Å². The van der Waals surface area contributed by atoms with Gasteiger partial charge in [0, 0.05) is 6.04 Å². The Hall–Kier alpha value is -1.53. The molecule has 3 heteroatoms. The maximum absolute atomic E-state index is 9.68. The summed E-state index contributed by atoms with van der Waals surface area (Å²) in [7, 11) is 0. The summed E-state index contributed by atoms with van der Waals surface area (Å²) in [6, 6.07) is 5.29. The monoisotopic (exact) mass is 188 g/mol. The third-order valence-corrected chi connectivity index (χ3v) is 2.73. The van der Waals surface area contributed by atoms with Crippen molar-refractivity contribution in [3.05, 3.63) is 28.8 Å². The van der Waals surface area contributed by atoms with Crippen molar-refractivity contribution in [3.8, 4) is 11.8 Å². The standard InChI is InChI=1S/C11H12N2O/c12-6-7-4-9-8(11(14)5-7)2-1-3-10(9)13/h4-5,10,14H,1-3,13H2/t10-/m1/s1. The molecule has 0 heterocycles. The van der Waals surface area contributed by atoms with E-state index < -0.39 is 0 Å². The normalized spacial score (nSPS) is 19.9. The maximum atomic E-state index is 9.68. The fourth-order valence-electron chi connectivity index (χ4n) is 2.00.